The van der Waals surface area contributed by atoms with Crippen molar-refractivity contribution in [2.45, 2.75) is 346 Å². The van der Waals surface area contributed by atoms with E-state index in [2.05, 4.69) is 38.3 Å². The third kappa shape index (κ3) is 31.1. The van der Waals surface area contributed by atoms with Gasteiger partial charge in [-0.1, -0.05) is 233 Å². The molecule has 2 aliphatic rings. The highest BCUT2D eigenvalue weighted by Gasteiger charge is 2.54. The smallest absolute Gasteiger partial charge is 0.306 e. The first-order valence-corrected chi connectivity index (χ1v) is 31.1. The monoisotopic (exact) mass is 1070 g/mol. The van der Waals surface area contributed by atoms with Crippen molar-refractivity contribution in [1.82, 2.24) is 10.6 Å². The number of carbonyl (C=O) groups excluding carboxylic acids is 4. The lowest BCUT2D eigenvalue weighted by Gasteiger charge is -2.48. The van der Waals surface area contributed by atoms with Crippen LogP contribution in [0, 0.1) is 0 Å². The Morgan fingerprint density at radius 1 is 0.387 bits per heavy atom. The topological polar surface area (TPSA) is 219 Å². The number of nitrogens with one attached hydrogen (secondary N) is 2. The number of aliphatic hydroxyl groups excluding tert-OH is 4. The highest BCUT2D eigenvalue weighted by Crippen LogP contribution is 2.32. The van der Waals surface area contributed by atoms with Crippen LogP contribution in [0.4, 0.5) is 0 Å². The van der Waals surface area contributed by atoms with Gasteiger partial charge in [-0.3, -0.25) is 19.2 Å². The molecule has 440 valence electrons. The SMILES string of the molecule is CCCCCCCCCCCC(=O)N[C@H]1[C@H](O[C@H]2[C@H](OC(=O)CCCCCCCCCCC)[C@@H](NC(=O)CCCCCCCCCCC)C(O)O[C@@H]2CO)O[C@H](CO)[C@@H](O)[C@@H]1OC(=O)CCCCCCCCCCC. The maximum absolute atomic E-state index is 13.9. The van der Waals surface area contributed by atoms with Crippen molar-refractivity contribution in [3.05, 3.63) is 0 Å². The van der Waals surface area contributed by atoms with Crippen LogP contribution in [-0.2, 0) is 42.9 Å². The van der Waals surface area contributed by atoms with Gasteiger partial charge in [-0.15, -0.1) is 0 Å². The molecule has 2 heterocycles. The summed E-state index contributed by atoms with van der Waals surface area (Å²) in [5, 5.41) is 50.3. The number of hydrogen-bond donors (Lipinski definition) is 6. The van der Waals surface area contributed by atoms with Gasteiger partial charge in [0.05, 0.1) is 13.2 Å². The fourth-order valence-electron chi connectivity index (χ4n) is 10.4. The van der Waals surface area contributed by atoms with Gasteiger partial charge in [-0.2, -0.15) is 0 Å². The summed E-state index contributed by atoms with van der Waals surface area (Å²) < 4.78 is 31.0. The quantitative estimate of drug-likeness (QED) is 0.0247. The number of hydrogen-bond acceptors (Lipinski definition) is 13. The first-order chi connectivity index (χ1) is 36.5. The summed E-state index contributed by atoms with van der Waals surface area (Å²) in [6, 6.07) is -2.66. The Hall–Kier alpha value is -2.40. The number of rotatable bonds is 48. The Balaban J connectivity index is 2.38. The van der Waals surface area contributed by atoms with Crippen molar-refractivity contribution in [2.24, 2.45) is 0 Å². The van der Waals surface area contributed by atoms with E-state index in [0.717, 1.165) is 103 Å². The van der Waals surface area contributed by atoms with Crippen LogP contribution in [-0.4, -0.2) is 119 Å². The second kappa shape index (κ2) is 45.5. The van der Waals surface area contributed by atoms with Crippen LogP contribution in [0.1, 0.15) is 285 Å². The third-order valence-electron chi connectivity index (χ3n) is 15.2. The Morgan fingerprint density at radius 3 is 1.07 bits per heavy atom. The van der Waals surface area contributed by atoms with Gasteiger partial charge in [0.25, 0.3) is 0 Å². The fraction of sp³-hybridized carbons (Fsp3) is 0.933. The maximum atomic E-state index is 13.9. The van der Waals surface area contributed by atoms with Crippen LogP contribution in [0.2, 0.25) is 0 Å². The zero-order chi connectivity index (χ0) is 54.7. The van der Waals surface area contributed by atoms with Crippen LogP contribution in [0.15, 0.2) is 0 Å². The third-order valence-corrected chi connectivity index (χ3v) is 15.2. The van der Waals surface area contributed by atoms with E-state index in [1.54, 1.807) is 0 Å². The molecule has 2 rings (SSSR count). The number of unbranched alkanes of at least 4 members (excludes halogenated alkanes) is 32. The van der Waals surface area contributed by atoms with Crippen molar-refractivity contribution >= 4 is 23.8 Å². The zero-order valence-electron chi connectivity index (χ0n) is 47.9. The van der Waals surface area contributed by atoms with Crippen LogP contribution in [0.5, 0.6) is 0 Å². The normalized spacial score (nSPS) is 23.7. The predicted molar refractivity (Wildman–Crippen MR) is 296 cm³/mol. The first-order valence-electron chi connectivity index (χ1n) is 31.1. The summed E-state index contributed by atoms with van der Waals surface area (Å²) >= 11 is 0. The minimum Gasteiger partial charge on any atom is -0.457 e. The van der Waals surface area contributed by atoms with E-state index in [9.17, 15) is 39.6 Å². The molecule has 6 N–H and O–H groups in total. The molecular weight excluding hydrogens is 957 g/mol. The van der Waals surface area contributed by atoms with Gasteiger partial charge in [0, 0.05) is 25.7 Å². The molecule has 2 aliphatic heterocycles. The minimum absolute atomic E-state index is 0.0616. The fourth-order valence-corrected chi connectivity index (χ4v) is 10.4. The lowest BCUT2D eigenvalue weighted by molar-refractivity contribution is -0.329. The molecule has 2 fully saturated rings. The Bertz CT molecular complexity index is 1420. The molecule has 0 spiro atoms. The Kier molecular flexibility index (Phi) is 41.6. The molecule has 2 amide bonds. The van der Waals surface area contributed by atoms with E-state index < -0.39 is 92.3 Å². The second-order valence-corrected chi connectivity index (χ2v) is 22.0. The van der Waals surface area contributed by atoms with Crippen LogP contribution in [0.25, 0.3) is 0 Å². The average molecular weight is 1070 g/mol. The van der Waals surface area contributed by atoms with E-state index in [1.807, 2.05) is 0 Å². The first kappa shape index (κ1) is 68.7. The molecule has 75 heavy (non-hydrogen) atoms. The molecule has 0 aromatic carbocycles. The van der Waals surface area contributed by atoms with Crippen molar-refractivity contribution in [1.29, 1.82) is 0 Å². The summed E-state index contributed by atoms with van der Waals surface area (Å²) in [5.74, 6) is -1.96. The van der Waals surface area contributed by atoms with Gasteiger partial charge < -0.3 is 54.7 Å². The van der Waals surface area contributed by atoms with Crippen molar-refractivity contribution in [3.8, 4) is 0 Å². The number of ether oxygens (including phenoxy) is 5. The van der Waals surface area contributed by atoms with Gasteiger partial charge in [-0.25, -0.2) is 0 Å². The molecule has 0 bridgehead atoms. The van der Waals surface area contributed by atoms with Crippen molar-refractivity contribution in [3.63, 3.8) is 0 Å². The second-order valence-electron chi connectivity index (χ2n) is 22.0. The largest absolute Gasteiger partial charge is 0.457 e. The Morgan fingerprint density at radius 2 is 0.707 bits per heavy atom. The van der Waals surface area contributed by atoms with Gasteiger partial charge in [-0.05, 0) is 25.7 Å². The summed E-state index contributed by atoms with van der Waals surface area (Å²) in [7, 11) is 0. The van der Waals surface area contributed by atoms with E-state index in [4.69, 9.17) is 23.7 Å². The van der Waals surface area contributed by atoms with Gasteiger partial charge in [0.2, 0.25) is 11.8 Å². The molecule has 10 atom stereocenters. The van der Waals surface area contributed by atoms with E-state index in [1.165, 1.54) is 103 Å². The summed E-state index contributed by atoms with van der Waals surface area (Å²) in [6.45, 7) is 7.37. The summed E-state index contributed by atoms with van der Waals surface area (Å²) in [6.07, 6.45) is 26.6. The van der Waals surface area contributed by atoms with E-state index in [0.29, 0.717) is 25.7 Å². The minimum atomic E-state index is -1.71. The highest BCUT2D eigenvalue weighted by molar-refractivity contribution is 5.77. The molecule has 0 aromatic heterocycles. The molecule has 0 aliphatic carbocycles. The molecule has 15 heteroatoms. The predicted octanol–water partition coefficient (Wildman–Crippen LogP) is 11.6. The highest BCUT2D eigenvalue weighted by atomic mass is 16.7. The number of carbonyl (C=O) groups is 4. The van der Waals surface area contributed by atoms with E-state index >= 15 is 0 Å². The van der Waals surface area contributed by atoms with E-state index in [-0.39, 0.29) is 31.6 Å². The molecule has 0 radical (unpaired) electrons. The lowest BCUT2D eigenvalue weighted by Crippen LogP contribution is -2.70. The molecule has 0 aromatic rings. The average Bonchev–Trinajstić information content (AvgIpc) is 3.39. The maximum Gasteiger partial charge on any atom is 0.306 e. The zero-order valence-corrected chi connectivity index (χ0v) is 47.9. The number of aliphatic hydroxyl groups is 4. The summed E-state index contributed by atoms with van der Waals surface area (Å²) in [5.41, 5.74) is 0. The van der Waals surface area contributed by atoms with Crippen LogP contribution in [0.3, 0.4) is 0 Å². The number of amides is 2. The lowest BCUT2D eigenvalue weighted by atomic mass is 9.94. The van der Waals surface area contributed by atoms with Crippen LogP contribution >= 0.6 is 0 Å². The number of esters is 2. The van der Waals surface area contributed by atoms with Gasteiger partial charge in [0.1, 0.15) is 36.5 Å². The molecule has 1 unspecified atom stereocenters. The Labute approximate surface area is 455 Å². The molecule has 15 nitrogen and oxygen atoms in total. The van der Waals surface area contributed by atoms with Gasteiger partial charge >= 0.3 is 11.9 Å². The molecule has 2 saturated heterocycles. The van der Waals surface area contributed by atoms with Crippen LogP contribution < -0.4 is 10.6 Å². The van der Waals surface area contributed by atoms with Crippen molar-refractivity contribution in [2.75, 3.05) is 13.2 Å². The molecule has 0 saturated carbocycles. The van der Waals surface area contributed by atoms with Gasteiger partial charge in [0.15, 0.2) is 24.8 Å². The summed E-state index contributed by atoms with van der Waals surface area (Å²) in [4.78, 5) is 54.9. The standard InChI is InChI=1S/C60H112N2O13/c1-5-9-13-17-21-25-29-33-37-41-49(65)61-53-58(74-52(68)44-40-36-32-28-24-20-16-12-8-4)56(48(46-64)71-59(53)70)75-60-54(62-50(66)42-38-34-30-26-22-18-14-10-6-2)57(55(69)47(45-63)72-60)73-51(67)43-39-35-31-27-23-19-15-11-7-3/h47-48,53-60,63-64,69-70H,5-46H2,1-4H3,(H,61,65)(H,62,66)/t47-,48-,53-,54-,55-,56-,57-,58-,59?,60+/m1/s1. The molecular formula is C60H112N2O13. The van der Waals surface area contributed by atoms with Crippen molar-refractivity contribution < 1.29 is 63.3 Å².